The second-order valence-electron chi connectivity index (χ2n) is 4.64. The topological polar surface area (TPSA) is 32.0 Å². The van der Waals surface area contributed by atoms with Crippen molar-refractivity contribution in [3.05, 3.63) is 65.0 Å². The molecule has 0 amide bonds. The molecule has 2 rings (SSSR count). The van der Waals surface area contributed by atoms with Crippen LogP contribution in [0.5, 0.6) is 17.2 Å². The van der Waals surface area contributed by atoms with Crippen molar-refractivity contribution in [3.63, 3.8) is 0 Å². The molecule has 0 aliphatic carbocycles. The molecule has 2 aromatic carbocycles. The fourth-order valence-corrected chi connectivity index (χ4v) is 2.28. The Morgan fingerprint density at radius 3 is 2.23 bits per heavy atom. The summed E-state index contributed by atoms with van der Waals surface area (Å²) >= 11 is 0. The number of hydrogen-bond donors (Lipinski definition) is 0. The van der Waals surface area contributed by atoms with E-state index in [1.54, 1.807) is 20.3 Å². The molecule has 0 aliphatic rings. The van der Waals surface area contributed by atoms with Gasteiger partial charge in [-0.25, -0.2) is 6.57 Å². The fourth-order valence-electron chi connectivity index (χ4n) is 2.28. The molecule has 0 bridgehead atoms. The number of rotatable bonds is 6. The molecule has 2 aromatic rings. The van der Waals surface area contributed by atoms with Crippen molar-refractivity contribution >= 4 is 0 Å². The van der Waals surface area contributed by atoms with Gasteiger partial charge >= 0.3 is 0 Å². The van der Waals surface area contributed by atoms with Gasteiger partial charge < -0.3 is 19.1 Å². The zero-order valence-corrected chi connectivity index (χ0v) is 13.0. The summed E-state index contributed by atoms with van der Waals surface area (Å²) in [7, 11) is 3.20. The van der Waals surface area contributed by atoms with Crippen LogP contribution in [0.2, 0.25) is 0 Å². The van der Waals surface area contributed by atoms with Crippen LogP contribution in [0, 0.1) is 6.57 Å². The maximum Gasteiger partial charge on any atom is 0.277 e. The van der Waals surface area contributed by atoms with E-state index in [4.69, 9.17) is 20.8 Å². The molecule has 4 nitrogen and oxygen atoms in total. The summed E-state index contributed by atoms with van der Waals surface area (Å²) in [5.41, 5.74) is 1.73. The molecule has 0 saturated carbocycles. The minimum absolute atomic E-state index is 0.420. The van der Waals surface area contributed by atoms with Crippen molar-refractivity contribution in [2.75, 3.05) is 20.8 Å². The summed E-state index contributed by atoms with van der Waals surface area (Å²) in [6.45, 7) is 10.1. The molecule has 0 fully saturated rings. The van der Waals surface area contributed by atoms with Crippen LogP contribution in [-0.2, 0) is 0 Å². The SMILES string of the molecule is [C-]#[N+]C(c1ccc(OCC)cc1)c1ccc(OC)cc1OC. The van der Waals surface area contributed by atoms with Gasteiger partial charge in [-0.1, -0.05) is 0 Å². The molecule has 0 heterocycles. The van der Waals surface area contributed by atoms with Gasteiger partial charge in [0.2, 0.25) is 0 Å². The third-order valence-corrected chi connectivity index (χ3v) is 3.37. The maximum atomic E-state index is 7.55. The van der Waals surface area contributed by atoms with Crippen LogP contribution in [-0.4, -0.2) is 20.8 Å². The van der Waals surface area contributed by atoms with Crippen LogP contribution in [0.1, 0.15) is 24.1 Å². The molecule has 1 unspecified atom stereocenters. The number of ether oxygens (including phenoxy) is 3. The molecule has 0 N–H and O–H groups in total. The van der Waals surface area contributed by atoms with Gasteiger partial charge in [0.25, 0.3) is 6.04 Å². The van der Waals surface area contributed by atoms with Gasteiger partial charge in [0.05, 0.1) is 26.4 Å². The minimum Gasteiger partial charge on any atom is -0.497 e. The van der Waals surface area contributed by atoms with Crippen molar-refractivity contribution in [2.24, 2.45) is 0 Å². The molecule has 0 radical (unpaired) electrons. The molecule has 114 valence electrons. The van der Waals surface area contributed by atoms with E-state index >= 15 is 0 Å². The molecule has 1 atom stereocenters. The highest BCUT2D eigenvalue weighted by Crippen LogP contribution is 2.35. The van der Waals surface area contributed by atoms with Crippen LogP contribution in [0.15, 0.2) is 42.5 Å². The standard InChI is InChI=1S/C18H19NO3/c1-5-22-14-8-6-13(7-9-14)18(19-2)16-11-10-15(20-3)12-17(16)21-4/h6-12,18H,5H2,1,3-4H3. The average molecular weight is 297 g/mol. The van der Waals surface area contributed by atoms with Crippen molar-refractivity contribution in [3.8, 4) is 17.2 Å². The van der Waals surface area contributed by atoms with E-state index in [9.17, 15) is 0 Å². The van der Waals surface area contributed by atoms with Gasteiger partial charge in [-0.05, 0) is 43.3 Å². The highest BCUT2D eigenvalue weighted by atomic mass is 16.5. The van der Waals surface area contributed by atoms with E-state index in [0.717, 1.165) is 16.9 Å². The summed E-state index contributed by atoms with van der Waals surface area (Å²) in [5.74, 6) is 2.15. The fraction of sp³-hybridized carbons (Fsp3) is 0.278. The number of benzene rings is 2. The van der Waals surface area contributed by atoms with Crippen molar-refractivity contribution in [1.29, 1.82) is 0 Å². The van der Waals surface area contributed by atoms with E-state index in [2.05, 4.69) is 4.85 Å². The van der Waals surface area contributed by atoms with Gasteiger partial charge in [0.15, 0.2) is 0 Å². The van der Waals surface area contributed by atoms with Gasteiger partial charge in [-0.3, -0.25) is 0 Å². The lowest BCUT2D eigenvalue weighted by Gasteiger charge is -2.13. The van der Waals surface area contributed by atoms with Crippen LogP contribution in [0.4, 0.5) is 0 Å². The lowest BCUT2D eigenvalue weighted by molar-refractivity contribution is 0.340. The lowest BCUT2D eigenvalue weighted by atomic mass is 9.98. The van der Waals surface area contributed by atoms with E-state index in [1.165, 1.54) is 0 Å². The zero-order valence-electron chi connectivity index (χ0n) is 13.0. The number of nitrogens with zero attached hydrogens (tertiary/aromatic N) is 1. The van der Waals surface area contributed by atoms with Crippen molar-refractivity contribution in [1.82, 2.24) is 0 Å². The van der Waals surface area contributed by atoms with Crippen LogP contribution < -0.4 is 14.2 Å². The summed E-state index contributed by atoms with van der Waals surface area (Å²) in [4.78, 5) is 3.76. The van der Waals surface area contributed by atoms with E-state index in [-0.39, 0.29) is 0 Å². The Labute approximate surface area is 131 Å². The zero-order chi connectivity index (χ0) is 15.9. The second-order valence-corrected chi connectivity index (χ2v) is 4.64. The Morgan fingerprint density at radius 2 is 1.68 bits per heavy atom. The molecule has 0 saturated heterocycles. The Balaban J connectivity index is 2.37. The quantitative estimate of drug-likeness (QED) is 0.752. The molecule has 0 spiro atoms. The third kappa shape index (κ3) is 3.32. The summed E-state index contributed by atoms with van der Waals surface area (Å²) in [6, 6.07) is 12.7. The second kappa shape index (κ2) is 7.37. The smallest absolute Gasteiger partial charge is 0.277 e. The first kappa shape index (κ1) is 15.7. The summed E-state index contributed by atoms with van der Waals surface area (Å²) in [6.07, 6.45) is 0. The van der Waals surface area contributed by atoms with Gasteiger partial charge in [0, 0.05) is 11.6 Å². The largest absolute Gasteiger partial charge is 0.497 e. The van der Waals surface area contributed by atoms with Crippen LogP contribution in [0.25, 0.3) is 4.85 Å². The normalized spacial score (nSPS) is 11.4. The van der Waals surface area contributed by atoms with E-state index < -0.39 is 6.04 Å². The first-order valence-corrected chi connectivity index (χ1v) is 7.04. The Morgan fingerprint density at radius 1 is 1.00 bits per heavy atom. The highest BCUT2D eigenvalue weighted by Gasteiger charge is 2.23. The Bertz CT molecular complexity index is 659. The van der Waals surface area contributed by atoms with E-state index in [0.29, 0.717) is 18.1 Å². The van der Waals surface area contributed by atoms with Crippen LogP contribution in [0.3, 0.4) is 0 Å². The Kier molecular flexibility index (Phi) is 5.26. The molecule has 22 heavy (non-hydrogen) atoms. The summed E-state index contributed by atoms with van der Waals surface area (Å²) < 4.78 is 16.0. The van der Waals surface area contributed by atoms with Crippen molar-refractivity contribution in [2.45, 2.75) is 13.0 Å². The van der Waals surface area contributed by atoms with Gasteiger partial charge in [0.1, 0.15) is 17.2 Å². The summed E-state index contributed by atoms with van der Waals surface area (Å²) in [5, 5.41) is 0. The first-order chi connectivity index (χ1) is 10.7. The molecular formula is C18H19NO3. The predicted molar refractivity (Wildman–Crippen MR) is 85.6 cm³/mol. The molecular weight excluding hydrogens is 278 g/mol. The monoisotopic (exact) mass is 297 g/mol. The van der Waals surface area contributed by atoms with Crippen LogP contribution >= 0.6 is 0 Å². The Hall–Kier alpha value is -2.67. The molecule has 0 aromatic heterocycles. The average Bonchev–Trinajstić information content (AvgIpc) is 2.57. The number of hydrogen-bond acceptors (Lipinski definition) is 3. The van der Waals surface area contributed by atoms with Gasteiger partial charge in [-0.15, -0.1) is 0 Å². The van der Waals surface area contributed by atoms with Crippen molar-refractivity contribution < 1.29 is 14.2 Å². The molecule has 4 heteroatoms. The highest BCUT2D eigenvalue weighted by molar-refractivity contribution is 5.48. The maximum absolute atomic E-state index is 7.55. The lowest BCUT2D eigenvalue weighted by Crippen LogP contribution is -2.00. The predicted octanol–water partition coefficient (Wildman–Crippen LogP) is 4.11. The first-order valence-electron chi connectivity index (χ1n) is 7.04. The number of methoxy groups -OCH3 is 2. The third-order valence-electron chi connectivity index (χ3n) is 3.37. The molecule has 0 aliphatic heterocycles. The van der Waals surface area contributed by atoms with E-state index in [1.807, 2.05) is 43.3 Å². The minimum atomic E-state index is -0.420. The van der Waals surface area contributed by atoms with Gasteiger partial charge in [-0.2, -0.15) is 0 Å².